The Kier molecular flexibility index (Phi) is 5.21. The van der Waals surface area contributed by atoms with E-state index in [1.807, 2.05) is 6.92 Å². The molecule has 0 amide bonds. The van der Waals surface area contributed by atoms with Gasteiger partial charge in [0.1, 0.15) is 0 Å². The van der Waals surface area contributed by atoms with Crippen molar-refractivity contribution in [2.75, 3.05) is 0 Å². The summed E-state index contributed by atoms with van der Waals surface area (Å²) < 4.78 is 0. The minimum Gasteiger partial charge on any atom is -0.481 e. The van der Waals surface area contributed by atoms with E-state index < -0.39 is 5.97 Å². The molecule has 0 aliphatic heterocycles. The molecule has 0 aromatic rings. The summed E-state index contributed by atoms with van der Waals surface area (Å²) in [6.07, 6.45) is 3.43. The third kappa shape index (κ3) is 4.16. The van der Waals surface area contributed by atoms with Crippen LogP contribution in [0.1, 0.15) is 46.5 Å². The molecule has 1 N–H and O–H groups in total. The maximum absolute atomic E-state index is 12.0. The Morgan fingerprint density at radius 1 is 1.21 bits per heavy atom. The van der Waals surface area contributed by atoms with Crippen molar-refractivity contribution in [3.8, 4) is 0 Å². The van der Waals surface area contributed by atoms with Gasteiger partial charge in [0.05, 0.1) is 0 Å². The lowest BCUT2D eigenvalue weighted by Crippen LogP contribution is -2.17. The molecule has 1 aliphatic rings. The van der Waals surface area contributed by atoms with E-state index in [-0.39, 0.29) is 23.9 Å². The SMILES string of the molecule is CC1=C(C)C(=O)C(CCC(C)CCC(=O)O)=CC1=O. The van der Waals surface area contributed by atoms with Crippen LogP contribution in [-0.2, 0) is 14.4 Å². The van der Waals surface area contributed by atoms with Gasteiger partial charge in [-0.2, -0.15) is 0 Å². The second-order valence-corrected chi connectivity index (χ2v) is 5.19. The van der Waals surface area contributed by atoms with Gasteiger partial charge in [0.25, 0.3) is 0 Å². The number of hydrogen-bond donors (Lipinski definition) is 1. The summed E-state index contributed by atoms with van der Waals surface area (Å²) in [4.78, 5) is 34.1. The van der Waals surface area contributed by atoms with Gasteiger partial charge >= 0.3 is 5.97 Å². The number of rotatable bonds is 6. The Hall–Kier alpha value is -1.71. The second kappa shape index (κ2) is 6.45. The fraction of sp³-hybridized carbons (Fsp3) is 0.533. The molecule has 0 fully saturated rings. The average molecular weight is 264 g/mol. The largest absolute Gasteiger partial charge is 0.481 e. The van der Waals surface area contributed by atoms with Gasteiger partial charge in [-0.1, -0.05) is 6.92 Å². The quantitative estimate of drug-likeness (QED) is 0.749. The van der Waals surface area contributed by atoms with Gasteiger partial charge in [0.15, 0.2) is 11.6 Å². The van der Waals surface area contributed by atoms with E-state index in [0.717, 1.165) is 6.42 Å². The maximum atomic E-state index is 12.0. The van der Waals surface area contributed by atoms with Crippen molar-refractivity contribution in [2.45, 2.75) is 46.5 Å². The predicted molar refractivity (Wildman–Crippen MR) is 71.7 cm³/mol. The first-order valence-corrected chi connectivity index (χ1v) is 6.51. The monoisotopic (exact) mass is 264 g/mol. The number of carboxylic acid groups (broad SMARTS) is 1. The highest BCUT2D eigenvalue weighted by atomic mass is 16.4. The Bertz CT molecular complexity index is 469. The van der Waals surface area contributed by atoms with Crippen LogP contribution in [0.4, 0.5) is 0 Å². The molecule has 1 unspecified atom stereocenters. The minimum atomic E-state index is -0.801. The first-order chi connectivity index (χ1) is 8.82. The first-order valence-electron chi connectivity index (χ1n) is 6.51. The molecule has 0 aromatic carbocycles. The Morgan fingerprint density at radius 3 is 2.42 bits per heavy atom. The van der Waals surface area contributed by atoms with Gasteiger partial charge in [-0.15, -0.1) is 0 Å². The van der Waals surface area contributed by atoms with Gasteiger partial charge in [-0.05, 0) is 45.1 Å². The molecule has 0 bridgehead atoms. The van der Waals surface area contributed by atoms with Gasteiger partial charge < -0.3 is 5.11 Å². The van der Waals surface area contributed by atoms with Crippen molar-refractivity contribution in [1.29, 1.82) is 0 Å². The molecule has 0 saturated carbocycles. The highest BCUT2D eigenvalue weighted by Gasteiger charge is 2.22. The molecule has 4 heteroatoms. The zero-order valence-electron chi connectivity index (χ0n) is 11.7. The van der Waals surface area contributed by atoms with Gasteiger partial charge in [0.2, 0.25) is 0 Å². The third-order valence-electron chi connectivity index (χ3n) is 3.63. The number of Topliss-reactive ketones (excluding diaryl/α,β-unsaturated/α-hetero) is 1. The molecular formula is C15H20O4. The first kappa shape index (κ1) is 15.3. The predicted octanol–water partition coefficient (Wildman–Crippen LogP) is 2.68. The molecule has 0 saturated heterocycles. The number of aliphatic carboxylic acids is 1. The number of hydrogen-bond acceptors (Lipinski definition) is 3. The fourth-order valence-electron chi connectivity index (χ4n) is 2.03. The summed E-state index contributed by atoms with van der Waals surface area (Å²) in [5.41, 5.74) is 1.60. The Labute approximate surface area is 113 Å². The van der Waals surface area contributed by atoms with Crippen molar-refractivity contribution in [2.24, 2.45) is 5.92 Å². The van der Waals surface area contributed by atoms with Crippen LogP contribution in [0.2, 0.25) is 0 Å². The summed E-state index contributed by atoms with van der Waals surface area (Å²) in [5, 5.41) is 8.60. The molecule has 19 heavy (non-hydrogen) atoms. The smallest absolute Gasteiger partial charge is 0.303 e. The van der Waals surface area contributed by atoms with E-state index in [4.69, 9.17) is 5.11 Å². The summed E-state index contributed by atoms with van der Waals surface area (Å²) in [7, 11) is 0. The van der Waals surface area contributed by atoms with Crippen LogP contribution in [-0.4, -0.2) is 22.6 Å². The lowest BCUT2D eigenvalue weighted by Gasteiger charge is -2.16. The van der Waals surface area contributed by atoms with Crippen LogP contribution in [0.5, 0.6) is 0 Å². The molecule has 0 spiro atoms. The van der Waals surface area contributed by atoms with Crippen LogP contribution in [0.15, 0.2) is 22.8 Å². The number of carboxylic acids is 1. The number of carbonyl (C=O) groups is 3. The van der Waals surface area contributed by atoms with Gasteiger partial charge in [-0.25, -0.2) is 0 Å². The Morgan fingerprint density at radius 2 is 1.84 bits per heavy atom. The van der Waals surface area contributed by atoms with Crippen LogP contribution in [0.3, 0.4) is 0 Å². The van der Waals surface area contributed by atoms with Crippen molar-refractivity contribution < 1.29 is 19.5 Å². The molecule has 104 valence electrons. The summed E-state index contributed by atoms with van der Waals surface area (Å²) >= 11 is 0. The molecule has 0 radical (unpaired) electrons. The summed E-state index contributed by atoms with van der Waals surface area (Å²) in [5.74, 6) is -0.718. The van der Waals surface area contributed by atoms with Gasteiger partial charge in [0, 0.05) is 23.1 Å². The normalized spacial score (nSPS) is 17.5. The minimum absolute atomic E-state index is 0.0532. The molecule has 1 atom stereocenters. The van der Waals surface area contributed by atoms with Crippen LogP contribution in [0, 0.1) is 5.92 Å². The lowest BCUT2D eigenvalue weighted by molar-refractivity contribution is -0.137. The number of carbonyl (C=O) groups excluding carboxylic acids is 2. The second-order valence-electron chi connectivity index (χ2n) is 5.19. The topological polar surface area (TPSA) is 71.4 Å². The standard InChI is InChI=1S/C15H20O4/c1-9(5-7-14(17)18)4-6-12-8-13(16)10(2)11(3)15(12)19/h8-9H,4-7H2,1-3H3,(H,17,18). The molecule has 1 aliphatic carbocycles. The molecule has 0 heterocycles. The lowest BCUT2D eigenvalue weighted by atomic mass is 9.87. The highest BCUT2D eigenvalue weighted by molar-refractivity contribution is 6.22. The van der Waals surface area contributed by atoms with Crippen molar-refractivity contribution >= 4 is 17.5 Å². The van der Waals surface area contributed by atoms with E-state index in [2.05, 4.69) is 0 Å². The average Bonchev–Trinajstić information content (AvgIpc) is 2.36. The zero-order valence-corrected chi connectivity index (χ0v) is 11.7. The van der Waals surface area contributed by atoms with E-state index in [1.165, 1.54) is 6.08 Å². The maximum Gasteiger partial charge on any atom is 0.303 e. The van der Waals surface area contributed by atoms with Crippen molar-refractivity contribution in [3.05, 3.63) is 22.8 Å². The number of allylic oxidation sites excluding steroid dienone is 4. The van der Waals surface area contributed by atoms with E-state index >= 15 is 0 Å². The molecule has 1 rings (SSSR count). The van der Waals surface area contributed by atoms with Crippen LogP contribution < -0.4 is 0 Å². The zero-order chi connectivity index (χ0) is 14.6. The number of ketones is 2. The van der Waals surface area contributed by atoms with E-state index in [0.29, 0.717) is 29.6 Å². The highest BCUT2D eigenvalue weighted by Crippen LogP contribution is 2.24. The van der Waals surface area contributed by atoms with Gasteiger partial charge in [-0.3, -0.25) is 14.4 Å². The fourth-order valence-corrected chi connectivity index (χ4v) is 2.03. The van der Waals surface area contributed by atoms with Crippen LogP contribution in [0.25, 0.3) is 0 Å². The van der Waals surface area contributed by atoms with Crippen LogP contribution >= 0.6 is 0 Å². The molecular weight excluding hydrogens is 244 g/mol. The molecule has 0 aromatic heterocycles. The van der Waals surface area contributed by atoms with Crippen molar-refractivity contribution in [1.82, 2.24) is 0 Å². The molecule has 4 nitrogen and oxygen atoms in total. The van der Waals surface area contributed by atoms with E-state index in [9.17, 15) is 14.4 Å². The van der Waals surface area contributed by atoms with E-state index in [1.54, 1.807) is 13.8 Å². The van der Waals surface area contributed by atoms with Crippen molar-refractivity contribution in [3.63, 3.8) is 0 Å². The Balaban J connectivity index is 2.55. The summed E-state index contributed by atoms with van der Waals surface area (Å²) in [6.45, 7) is 5.31. The third-order valence-corrected chi connectivity index (χ3v) is 3.63. The summed E-state index contributed by atoms with van der Waals surface area (Å²) in [6, 6.07) is 0.